The fourth-order valence-electron chi connectivity index (χ4n) is 2.32. The number of benzene rings is 2. The molecule has 0 aliphatic rings. The van der Waals surface area contributed by atoms with Gasteiger partial charge in [-0.3, -0.25) is 4.79 Å². The van der Waals surface area contributed by atoms with Crippen molar-refractivity contribution in [2.75, 3.05) is 11.1 Å². The molecule has 0 fully saturated rings. The zero-order valence-electron chi connectivity index (χ0n) is 15.5. The number of carbonyl (C=O) groups is 1. The van der Waals surface area contributed by atoms with Crippen LogP contribution in [0.2, 0.25) is 5.02 Å². The summed E-state index contributed by atoms with van der Waals surface area (Å²) in [5.41, 5.74) is 3.54. The Bertz CT molecular complexity index is 1030. The quantitative estimate of drug-likeness (QED) is 0.323. The number of amides is 1. The molecule has 150 valence electrons. The van der Waals surface area contributed by atoms with Crippen molar-refractivity contribution in [2.45, 2.75) is 11.7 Å². The van der Waals surface area contributed by atoms with Gasteiger partial charge in [-0.1, -0.05) is 47.6 Å². The van der Waals surface area contributed by atoms with Gasteiger partial charge in [-0.05, 0) is 24.3 Å². The predicted octanol–water partition coefficient (Wildman–Crippen LogP) is 3.46. The SMILES string of the molecule is Cn1c(CNc2cccc(Cl)c2)nnc1SCC(=O)NN=Cc1ccccc1F. The number of nitrogens with one attached hydrogen (secondary N) is 2. The molecule has 7 nitrogen and oxygen atoms in total. The van der Waals surface area contributed by atoms with Crippen LogP contribution in [0.4, 0.5) is 10.1 Å². The van der Waals surface area contributed by atoms with Gasteiger partial charge in [-0.15, -0.1) is 10.2 Å². The first kappa shape index (κ1) is 20.8. The molecule has 29 heavy (non-hydrogen) atoms. The first-order valence-corrected chi connectivity index (χ1v) is 9.96. The number of nitrogens with zero attached hydrogens (tertiary/aromatic N) is 4. The van der Waals surface area contributed by atoms with Gasteiger partial charge in [0.15, 0.2) is 11.0 Å². The van der Waals surface area contributed by atoms with Gasteiger partial charge in [0.1, 0.15) is 5.82 Å². The molecule has 0 unspecified atom stereocenters. The van der Waals surface area contributed by atoms with Gasteiger partial charge in [0.25, 0.3) is 5.91 Å². The standard InChI is InChI=1S/C19H18ClFN6OS/c1-27-17(11-22-15-7-4-6-14(20)9-15)24-26-19(27)29-12-18(28)25-23-10-13-5-2-3-8-16(13)21/h2-10,22H,11-12H2,1H3,(H,25,28). The lowest BCUT2D eigenvalue weighted by Gasteiger charge is -2.07. The largest absolute Gasteiger partial charge is 0.378 e. The normalized spacial score (nSPS) is 11.0. The van der Waals surface area contributed by atoms with Crippen LogP contribution in [0.3, 0.4) is 0 Å². The van der Waals surface area contributed by atoms with Gasteiger partial charge in [0.2, 0.25) is 0 Å². The summed E-state index contributed by atoms with van der Waals surface area (Å²) in [7, 11) is 1.82. The van der Waals surface area contributed by atoms with Crippen molar-refractivity contribution in [3.8, 4) is 0 Å². The molecule has 10 heteroatoms. The topological polar surface area (TPSA) is 84.2 Å². The minimum atomic E-state index is -0.405. The summed E-state index contributed by atoms with van der Waals surface area (Å²) in [5.74, 6) is 0.0787. The third-order valence-electron chi connectivity index (χ3n) is 3.83. The molecule has 2 aromatic carbocycles. The highest BCUT2D eigenvalue weighted by Crippen LogP contribution is 2.18. The van der Waals surface area contributed by atoms with Crippen molar-refractivity contribution in [2.24, 2.45) is 12.1 Å². The lowest BCUT2D eigenvalue weighted by Crippen LogP contribution is -2.20. The van der Waals surface area contributed by atoms with Crippen molar-refractivity contribution in [1.82, 2.24) is 20.2 Å². The number of hydrazone groups is 1. The number of rotatable bonds is 8. The minimum Gasteiger partial charge on any atom is -0.378 e. The van der Waals surface area contributed by atoms with E-state index in [-0.39, 0.29) is 11.7 Å². The van der Waals surface area contributed by atoms with Crippen molar-refractivity contribution < 1.29 is 9.18 Å². The number of anilines is 1. The van der Waals surface area contributed by atoms with E-state index in [9.17, 15) is 9.18 Å². The second-order valence-electron chi connectivity index (χ2n) is 5.93. The molecule has 0 atom stereocenters. The summed E-state index contributed by atoms with van der Waals surface area (Å²) >= 11 is 7.20. The van der Waals surface area contributed by atoms with E-state index in [2.05, 4.69) is 26.0 Å². The fraction of sp³-hybridized carbons (Fsp3) is 0.158. The molecule has 0 radical (unpaired) electrons. The van der Waals surface area contributed by atoms with E-state index in [1.54, 1.807) is 28.8 Å². The van der Waals surface area contributed by atoms with Crippen molar-refractivity contribution >= 4 is 41.2 Å². The first-order chi connectivity index (χ1) is 14.0. The van der Waals surface area contributed by atoms with Gasteiger partial charge in [0, 0.05) is 23.3 Å². The van der Waals surface area contributed by atoms with Crippen LogP contribution in [0, 0.1) is 5.82 Å². The Morgan fingerprint density at radius 2 is 2.10 bits per heavy atom. The molecule has 0 aliphatic carbocycles. The summed E-state index contributed by atoms with van der Waals surface area (Å²) < 4.78 is 15.3. The highest BCUT2D eigenvalue weighted by molar-refractivity contribution is 7.99. The molecule has 2 N–H and O–H groups in total. The smallest absolute Gasteiger partial charge is 0.250 e. The Morgan fingerprint density at radius 1 is 1.28 bits per heavy atom. The molecular weight excluding hydrogens is 415 g/mol. The summed E-state index contributed by atoms with van der Waals surface area (Å²) in [6.07, 6.45) is 1.26. The molecule has 0 saturated carbocycles. The van der Waals surface area contributed by atoms with E-state index in [1.165, 1.54) is 24.0 Å². The van der Waals surface area contributed by atoms with Crippen LogP contribution in [0.5, 0.6) is 0 Å². The van der Waals surface area contributed by atoms with Gasteiger partial charge < -0.3 is 9.88 Å². The Morgan fingerprint density at radius 3 is 2.90 bits per heavy atom. The van der Waals surface area contributed by atoms with E-state index in [1.807, 2.05) is 25.2 Å². The molecule has 1 amide bonds. The fourth-order valence-corrected chi connectivity index (χ4v) is 3.23. The summed E-state index contributed by atoms with van der Waals surface area (Å²) in [6.45, 7) is 0.462. The number of aromatic nitrogens is 3. The lowest BCUT2D eigenvalue weighted by atomic mass is 10.2. The number of thioether (sulfide) groups is 1. The van der Waals surface area contributed by atoms with Crippen LogP contribution >= 0.6 is 23.4 Å². The van der Waals surface area contributed by atoms with Gasteiger partial charge >= 0.3 is 0 Å². The average Bonchev–Trinajstić information content (AvgIpc) is 3.06. The molecule has 3 aromatic rings. The molecule has 0 saturated heterocycles. The number of carbonyl (C=O) groups excluding carboxylic acids is 1. The third-order valence-corrected chi connectivity index (χ3v) is 5.09. The van der Waals surface area contributed by atoms with E-state index in [4.69, 9.17) is 11.6 Å². The van der Waals surface area contributed by atoms with Crippen molar-refractivity contribution in [3.63, 3.8) is 0 Å². The Kier molecular flexibility index (Phi) is 7.20. The zero-order chi connectivity index (χ0) is 20.6. The van der Waals surface area contributed by atoms with Crippen LogP contribution in [-0.2, 0) is 18.4 Å². The van der Waals surface area contributed by atoms with E-state index >= 15 is 0 Å². The maximum absolute atomic E-state index is 13.5. The van der Waals surface area contributed by atoms with Gasteiger partial charge in [-0.25, -0.2) is 9.82 Å². The average molecular weight is 433 g/mol. The highest BCUT2D eigenvalue weighted by atomic mass is 35.5. The maximum atomic E-state index is 13.5. The Hall–Kier alpha value is -2.91. The molecule has 0 aliphatic heterocycles. The number of hydrogen-bond donors (Lipinski definition) is 2. The third kappa shape index (κ3) is 6.03. The zero-order valence-corrected chi connectivity index (χ0v) is 17.0. The summed E-state index contributed by atoms with van der Waals surface area (Å²) in [5, 5.41) is 16.5. The van der Waals surface area contributed by atoms with Crippen LogP contribution in [0.1, 0.15) is 11.4 Å². The minimum absolute atomic E-state index is 0.0995. The summed E-state index contributed by atoms with van der Waals surface area (Å²) in [4.78, 5) is 11.9. The van der Waals surface area contributed by atoms with E-state index in [0.717, 1.165) is 5.69 Å². The maximum Gasteiger partial charge on any atom is 0.250 e. The molecule has 1 heterocycles. The van der Waals surface area contributed by atoms with Crippen molar-refractivity contribution in [1.29, 1.82) is 0 Å². The summed E-state index contributed by atoms with van der Waals surface area (Å²) in [6, 6.07) is 13.6. The molecule has 0 bridgehead atoms. The van der Waals surface area contributed by atoms with E-state index in [0.29, 0.717) is 28.1 Å². The number of hydrogen-bond acceptors (Lipinski definition) is 6. The van der Waals surface area contributed by atoms with Crippen LogP contribution in [0.15, 0.2) is 58.8 Å². The number of halogens is 2. The molecule has 0 spiro atoms. The molecular formula is C19H18ClFN6OS. The van der Waals surface area contributed by atoms with Gasteiger partial charge in [-0.2, -0.15) is 5.10 Å². The van der Waals surface area contributed by atoms with E-state index < -0.39 is 5.82 Å². The predicted molar refractivity (Wildman–Crippen MR) is 113 cm³/mol. The van der Waals surface area contributed by atoms with Crippen LogP contribution < -0.4 is 10.7 Å². The highest BCUT2D eigenvalue weighted by Gasteiger charge is 2.11. The van der Waals surface area contributed by atoms with Gasteiger partial charge in [0.05, 0.1) is 18.5 Å². The second kappa shape index (κ2) is 10.0. The first-order valence-electron chi connectivity index (χ1n) is 8.60. The van der Waals surface area contributed by atoms with Crippen LogP contribution in [-0.4, -0.2) is 32.6 Å². The van der Waals surface area contributed by atoms with Crippen LogP contribution in [0.25, 0.3) is 0 Å². The lowest BCUT2D eigenvalue weighted by molar-refractivity contribution is -0.118. The van der Waals surface area contributed by atoms with Crippen molar-refractivity contribution in [3.05, 3.63) is 70.8 Å². The monoisotopic (exact) mass is 432 g/mol. The second-order valence-corrected chi connectivity index (χ2v) is 7.30. The molecule has 3 rings (SSSR count). The Balaban J connectivity index is 1.48. The molecule has 1 aromatic heterocycles. The Labute approximate surface area is 176 Å².